The van der Waals surface area contributed by atoms with Gasteiger partial charge < -0.3 is 15.0 Å². The van der Waals surface area contributed by atoms with E-state index >= 15 is 0 Å². The molecule has 0 bridgehead atoms. The number of ether oxygens (including phenoxy) is 1. The Hall–Kier alpha value is -2.66. The molecule has 0 spiro atoms. The second kappa shape index (κ2) is 9.02. The Morgan fingerprint density at radius 2 is 2.04 bits per heavy atom. The number of nitrogens with one attached hydrogen (secondary N) is 1. The van der Waals surface area contributed by atoms with E-state index in [1.807, 2.05) is 42.5 Å². The van der Waals surface area contributed by atoms with Gasteiger partial charge in [0, 0.05) is 26.2 Å². The van der Waals surface area contributed by atoms with E-state index in [2.05, 4.69) is 44.2 Å². The maximum absolute atomic E-state index is 5.83. The Bertz CT molecular complexity index is 816. The Morgan fingerprint density at radius 3 is 2.82 bits per heavy atom. The van der Waals surface area contributed by atoms with E-state index in [9.17, 15) is 0 Å². The number of nitrogens with zero attached hydrogens (tertiary/aromatic N) is 5. The summed E-state index contributed by atoms with van der Waals surface area (Å²) in [5.74, 6) is 6.20. The Kier molecular flexibility index (Phi) is 6.02. The fourth-order valence-electron chi connectivity index (χ4n) is 3.50. The first kappa shape index (κ1) is 18.7. The average molecular weight is 378 g/mol. The van der Waals surface area contributed by atoms with Crippen LogP contribution in [0.25, 0.3) is 0 Å². The van der Waals surface area contributed by atoms with Crippen LogP contribution in [0.3, 0.4) is 0 Å². The highest BCUT2D eigenvalue weighted by atomic mass is 16.5. The molecular formula is C21H26N6O. The van der Waals surface area contributed by atoms with Crippen LogP contribution in [0.15, 0.2) is 52.3 Å². The zero-order valence-corrected chi connectivity index (χ0v) is 16.2. The molecule has 3 heterocycles. The number of piperazine rings is 1. The number of fused-ring (bicyclic) bond motifs is 1. The van der Waals surface area contributed by atoms with Crippen LogP contribution in [-0.4, -0.2) is 72.5 Å². The summed E-state index contributed by atoms with van der Waals surface area (Å²) in [6.45, 7) is 7.41. The normalized spacial score (nSPS) is 21.7. The lowest BCUT2D eigenvalue weighted by Gasteiger charge is -2.36. The third-order valence-corrected chi connectivity index (χ3v) is 4.94. The van der Waals surface area contributed by atoms with Crippen LogP contribution >= 0.6 is 0 Å². The van der Waals surface area contributed by atoms with Gasteiger partial charge in [0.25, 0.3) is 0 Å². The highest BCUT2D eigenvalue weighted by Gasteiger charge is 2.35. The number of hydrazone groups is 1. The molecule has 4 rings (SSSR count). The van der Waals surface area contributed by atoms with Gasteiger partial charge in [-0.15, -0.1) is 5.92 Å². The molecule has 3 aliphatic heterocycles. The van der Waals surface area contributed by atoms with E-state index in [4.69, 9.17) is 9.73 Å². The molecule has 146 valence electrons. The van der Waals surface area contributed by atoms with Gasteiger partial charge >= 0.3 is 0 Å². The smallest absolute Gasteiger partial charge is 0.180 e. The van der Waals surface area contributed by atoms with Gasteiger partial charge in [-0.05, 0) is 12.5 Å². The molecule has 1 aromatic carbocycles. The largest absolute Gasteiger partial charge is 0.355 e. The van der Waals surface area contributed by atoms with Gasteiger partial charge in [-0.3, -0.25) is 4.90 Å². The Morgan fingerprint density at radius 1 is 1.21 bits per heavy atom. The summed E-state index contributed by atoms with van der Waals surface area (Å²) >= 11 is 0. The van der Waals surface area contributed by atoms with Crippen LogP contribution in [0.5, 0.6) is 0 Å². The van der Waals surface area contributed by atoms with Crippen molar-refractivity contribution in [2.24, 2.45) is 10.1 Å². The van der Waals surface area contributed by atoms with E-state index < -0.39 is 0 Å². The van der Waals surface area contributed by atoms with Crippen molar-refractivity contribution in [2.45, 2.75) is 19.8 Å². The van der Waals surface area contributed by atoms with Crippen molar-refractivity contribution in [3.63, 3.8) is 0 Å². The molecule has 7 heteroatoms. The quantitative estimate of drug-likeness (QED) is 0.756. The molecule has 1 atom stereocenters. The maximum atomic E-state index is 5.83. The maximum Gasteiger partial charge on any atom is 0.180 e. The van der Waals surface area contributed by atoms with Crippen molar-refractivity contribution in [1.82, 2.24) is 20.1 Å². The monoisotopic (exact) mass is 378 g/mol. The molecule has 0 aromatic heterocycles. The summed E-state index contributed by atoms with van der Waals surface area (Å²) < 4.78 is 5.83. The van der Waals surface area contributed by atoms with E-state index in [1.54, 1.807) is 0 Å². The molecule has 0 aliphatic carbocycles. The minimum absolute atomic E-state index is 0.0131. The van der Waals surface area contributed by atoms with Crippen molar-refractivity contribution in [1.29, 1.82) is 0 Å². The second-order valence-corrected chi connectivity index (χ2v) is 6.86. The van der Waals surface area contributed by atoms with Crippen molar-refractivity contribution in [3.05, 3.63) is 47.8 Å². The number of allylic oxidation sites excluding steroid dienone is 1. The average Bonchev–Trinajstić information content (AvgIpc) is 3.11. The first-order valence-electron chi connectivity index (χ1n) is 9.68. The fourth-order valence-corrected chi connectivity index (χ4v) is 3.50. The second-order valence-electron chi connectivity index (χ2n) is 6.86. The molecule has 0 amide bonds. The van der Waals surface area contributed by atoms with Crippen molar-refractivity contribution >= 4 is 11.9 Å². The van der Waals surface area contributed by atoms with E-state index in [-0.39, 0.29) is 6.29 Å². The minimum atomic E-state index is -0.0131. The summed E-state index contributed by atoms with van der Waals surface area (Å²) in [6, 6.07) is 10.2. The molecule has 7 nitrogen and oxygen atoms in total. The molecule has 1 unspecified atom stereocenters. The molecule has 0 saturated carbocycles. The molecule has 1 N–H and O–H groups in total. The zero-order valence-electron chi connectivity index (χ0n) is 16.2. The van der Waals surface area contributed by atoms with Gasteiger partial charge in [0.2, 0.25) is 0 Å². The van der Waals surface area contributed by atoms with Gasteiger partial charge in [0.15, 0.2) is 6.29 Å². The van der Waals surface area contributed by atoms with E-state index in [1.165, 1.54) is 0 Å². The van der Waals surface area contributed by atoms with E-state index in [0.717, 1.165) is 43.2 Å². The zero-order chi connectivity index (χ0) is 19.2. The third-order valence-electron chi connectivity index (χ3n) is 4.94. The SMILES string of the molecule is CC#CCN1C2=CN(COCc3ccccc3)N=CC2=NC1N1CCNCC1. The minimum Gasteiger partial charge on any atom is -0.355 e. The molecular weight excluding hydrogens is 352 g/mol. The molecule has 1 fully saturated rings. The van der Waals surface area contributed by atoms with Gasteiger partial charge in [-0.2, -0.15) is 5.10 Å². The fraction of sp³-hybridized carbons (Fsp3) is 0.429. The van der Waals surface area contributed by atoms with Crippen LogP contribution in [0.1, 0.15) is 12.5 Å². The molecule has 3 aliphatic rings. The molecule has 28 heavy (non-hydrogen) atoms. The molecule has 1 aromatic rings. The van der Waals surface area contributed by atoms with Crippen LogP contribution in [0.4, 0.5) is 0 Å². The first-order chi connectivity index (χ1) is 13.8. The number of hydrogen-bond donors (Lipinski definition) is 1. The molecule has 1 saturated heterocycles. The van der Waals surface area contributed by atoms with E-state index in [0.29, 0.717) is 19.9 Å². The Labute approximate surface area is 166 Å². The topological polar surface area (TPSA) is 55.7 Å². The summed E-state index contributed by atoms with van der Waals surface area (Å²) in [6.07, 6.45) is 3.83. The first-order valence-corrected chi connectivity index (χ1v) is 9.68. The summed E-state index contributed by atoms with van der Waals surface area (Å²) in [7, 11) is 0. The van der Waals surface area contributed by atoms with Gasteiger partial charge in [0.05, 0.1) is 31.3 Å². The third kappa shape index (κ3) is 4.25. The lowest BCUT2D eigenvalue weighted by Crippen LogP contribution is -2.52. The summed E-state index contributed by atoms with van der Waals surface area (Å²) in [5.41, 5.74) is 3.13. The van der Waals surface area contributed by atoms with Crippen LogP contribution in [-0.2, 0) is 11.3 Å². The lowest BCUT2D eigenvalue weighted by molar-refractivity contribution is 0.0415. The summed E-state index contributed by atoms with van der Waals surface area (Å²) in [4.78, 5) is 9.57. The molecule has 0 radical (unpaired) electrons. The van der Waals surface area contributed by atoms with Gasteiger partial charge in [-0.25, -0.2) is 10.0 Å². The highest BCUT2D eigenvalue weighted by molar-refractivity contribution is 6.39. The van der Waals surface area contributed by atoms with Crippen LogP contribution < -0.4 is 5.32 Å². The standard InChI is InChI=1S/C21H26N6O/c1-2-3-11-27-20-15-26(17-28-16-18-7-5-4-6-8-18)23-14-19(20)24-21(27)25-12-9-22-10-13-25/h4-8,14-15,21-22H,9-13,16-17H2,1H3. The number of benzene rings is 1. The van der Waals surface area contributed by atoms with Crippen molar-refractivity contribution in [2.75, 3.05) is 39.5 Å². The Balaban J connectivity index is 1.43. The lowest BCUT2D eigenvalue weighted by atomic mass is 10.2. The van der Waals surface area contributed by atoms with Crippen LogP contribution in [0, 0.1) is 11.8 Å². The van der Waals surface area contributed by atoms with Crippen molar-refractivity contribution < 1.29 is 4.74 Å². The van der Waals surface area contributed by atoms with Gasteiger partial charge in [-0.1, -0.05) is 36.3 Å². The predicted octanol–water partition coefficient (Wildman–Crippen LogP) is 1.27. The van der Waals surface area contributed by atoms with Crippen molar-refractivity contribution in [3.8, 4) is 11.8 Å². The number of aliphatic imine (C=N–C) groups is 1. The highest BCUT2D eigenvalue weighted by Crippen LogP contribution is 2.25. The van der Waals surface area contributed by atoms with Crippen LogP contribution in [0.2, 0.25) is 0 Å². The number of rotatable bonds is 6. The summed E-state index contributed by atoms with van der Waals surface area (Å²) in [5, 5.41) is 9.70. The number of hydrogen-bond acceptors (Lipinski definition) is 7. The predicted molar refractivity (Wildman–Crippen MR) is 110 cm³/mol. The van der Waals surface area contributed by atoms with Gasteiger partial charge in [0.1, 0.15) is 12.4 Å².